The molecule has 0 N–H and O–H groups in total. The highest BCUT2D eigenvalue weighted by molar-refractivity contribution is 8.03. The first-order valence-corrected chi connectivity index (χ1v) is 12.2. The van der Waals surface area contributed by atoms with Gasteiger partial charge in [0.05, 0.1) is 5.25 Å². The van der Waals surface area contributed by atoms with Gasteiger partial charge in [-0.25, -0.2) is 0 Å². The topological polar surface area (TPSA) is 46.1 Å². The van der Waals surface area contributed by atoms with Crippen molar-refractivity contribution >= 4 is 40.8 Å². The smallest absolute Gasteiger partial charge is 0.235 e. The van der Waals surface area contributed by atoms with Crippen molar-refractivity contribution in [2.45, 2.75) is 65.6 Å². The van der Waals surface area contributed by atoms with Crippen LogP contribution in [0.25, 0.3) is 0 Å². The van der Waals surface area contributed by atoms with Gasteiger partial charge in [0, 0.05) is 18.8 Å². The van der Waals surface area contributed by atoms with Crippen LogP contribution < -0.4 is 0 Å². The fourth-order valence-corrected chi connectivity index (χ4v) is 6.22. The summed E-state index contributed by atoms with van der Waals surface area (Å²) >= 11 is 4.83. The van der Waals surface area contributed by atoms with Gasteiger partial charge in [-0.1, -0.05) is 73.0 Å². The second-order valence-corrected chi connectivity index (χ2v) is 11.0. The number of piperidine rings is 1. The van der Waals surface area contributed by atoms with Crippen LogP contribution in [0.15, 0.2) is 32.9 Å². The molecule has 0 radical (unpaired) electrons. The van der Waals surface area contributed by atoms with Gasteiger partial charge in [0.1, 0.15) is 0 Å². The molecule has 0 spiro atoms. The van der Waals surface area contributed by atoms with Crippen molar-refractivity contribution in [3.8, 4) is 0 Å². The van der Waals surface area contributed by atoms with E-state index in [9.17, 15) is 4.79 Å². The maximum Gasteiger partial charge on any atom is 0.235 e. The predicted octanol–water partition coefficient (Wildman–Crippen LogP) is 5.45. The van der Waals surface area contributed by atoms with E-state index in [4.69, 9.17) is 0 Å². The number of amides is 1. The van der Waals surface area contributed by atoms with Gasteiger partial charge in [-0.2, -0.15) is 0 Å². The van der Waals surface area contributed by atoms with Crippen LogP contribution in [0, 0.1) is 0 Å². The fourth-order valence-electron chi connectivity index (χ4n) is 3.02. The van der Waals surface area contributed by atoms with Crippen molar-refractivity contribution in [2.24, 2.45) is 0 Å². The van der Waals surface area contributed by atoms with E-state index in [-0.39, 0.29) is 11.2 Å². The minimum Gasteiger partial charge on any atom is -0.342 e. The molecule has 1 amide bonds. The SMILES string of the molecule is CC(Sc1nnc(SCc2ccc(C(C)C)cc2)s1)C(=O)N1CCCCC1. The molecule has 7 heteroatoms. The van der Waals surface area contributed by atoms with Crippen LogP contribution in [0.4, 0.5) is 0 Å². The summed E-state index contributed by atoms with van der Waals surface area (Å²) in [6, 6.07) is 8.79. The third kappa shape index (κ3) is 5.96. The Morgan fingerprint density at radius 2 is 1.74 bits per heavy atom. The molecule has 27 heavy (non-hydrogen) atoms. The van der Waals surface area contributed by atoms with E-state index in [1.807, 2.05) is 11.8 Å². The number of nitrogens with zero attached hydrogens (tertiary/aromatic N) is 3. The molecule has 3 rings (SSSR count). The first kappa shape index (κ1) is 20.7. The summed E-state index contributed by atoms with van der Waals surface area (Å²) in [7, 11) is 0. The van der Waals surface area contributed by atoms with Crippen LogP contribution in [0.5, 0.6) is 0 Å². The Morgan fingerprint density at radius 3 is 2.41 bits per heavy atom. The molecule has 0 bridgehead atoms. The number of hydrogen-bond acceptors (Lipinski definition) is 6. The zero-order chi connectivity index (χ0) is 19.2. The third-order valence-electron chi connectivity index (χ3n) is 4.69. The number of thioether (sulfide) groups is 2. The summed E-state index contributed by atoms with van der Waals surface area (Å²) in [6.07, 6.45) is 3.49. The molecule has 1 aromatic heterocycles. The lowest BCUT2D eigenvalue weighted by atomic mass is 10.0. The minimum atomic E-state index is -0.0996. The molecule has 0 saturated carbocycles. The van der Waals surface area contributed by atoms with E-state index in [0.717, 1.165) is 40.4 Å². The number of carbonyl (C=O) groups is 1. The number of carbonyl (C=O) groups excluding carboxylic acids is 1. The zero-order valence-electron chi connectivity index (χ0n) is 16.2. The van der Waals surface area contributed by atoms with E-state index in [1.165, 1.54) is 29.3 Å². The summed E-state index contributed by atoms with van der Waals surface area (Å²) < 4.78 is 1.84. The van der Waals surface area contributed by atoms with Gasteiger partial charge in [0.25, 0.3) is 0 Å². The summed E-state index contributed by atoms with van der Waals surface area (Å²) in [5.41, 5.74) is 2.66. The second-order valence-electron chi connectivity index (χ2n) is 7.16. The van der Waals surface area contributed by atoms with E-state index in [0.29, 0.717) is 5.92 Å². The Kier molecular flexibility index (Phi) is 7.61. The van der Waals surface area contributed by atoms with Gasteiger partial charge in [-0.15, -0.1) is 10.2 Å². The van der Waals surface area contributed by atoms with Crippen LogP contribution >= 0.6 is 34.9 Å². The monoisotopic (exact) mass is 421 g/mol. The Labute approximate surface area is 174 Å². The highest BCUT2D eigenvalue weighted by Crippen LogP contribution is 2.33. The molecule has 0 aliphatic carbocycles. The van der Waals surface area contributed by atoms with Gasteiger partial charge in [0.15, 0.2) is 8.68 Å². The first-order valence-electron chi connectivity index (χ1n) is 9.53. The van der Waals surface area contributed by atoms with Crippen LogP contribution in [-0.4, -0.2) is 39.3 Å². The van der Waals surface area contributed by atoms with Crippen molar-refractivity contribution in [3.63, 3.8) is 0 Å². The number of aromatic nitrogens is 2. The van der Waals surface area contributed by atoms with E-state index in [2.05, 4.69) is 48.3 Å². The summed E-state index contributed by atoms with van der Waals surface area (Å²) in [4.78, 5) is 14.6. The van der Waals surface area contributed by atoms with E-state index < -0.39 is 0 Å². The average molecular weight is 422 g/mol. The van der Waals surface area contributed by atoms with Crippen LogP contribution in [0.1, 0.15) is 57.1 Å². The molecule has 1 unspecified atom stereocenters. The van der Waals surface area contributed by atoms with Crippen molar-refractivity contribution in [3.05, 3.63) is 35.4 Å². The maximum atomic E-state index is 12.6. The molecule has 4 nitrogen and oxygen atoms in total. The van der Waals surface area contributed by atoms with Crippen LogP contribution in [0.3, 0.4) is 0 Å². The minimum absolute atomic E-state index is 0.0996. The lowest BCUT2D eigenvalue weighted by Gasteiger charge is -2.28. The van der Waals surface area contributed by atoms with Crippen molar-refractivity contribution in [1.29, 1.82) is 0 Å². The zero-order valence-corrected chi connectivity index (χ0v) is 18.6. The largest absolute Gasteiger partial charge is 0.342 e. The van der Waals surface area contributed by atoms with Crippen LogP contribution in [0.2, 0.25) is 0 Å². The normalized spacial score (nSPS) is 15.9. The number of hydrogen-bond donors (Lipinski definition) is 0. The predicted molar refractivity (Wildman–Crippen MR) is 116 cm³/mol. The van der Waals surface area contributed by atoms with Gasteiger partial charge < -0.3 is 4.90 Å². The second kappa shape index (κ2) is 9.94. The molecular weight excluding hydrogens is 394 g/mol. The Balaban J connectivity index is 1.49. The van der Waals surface area contributed by atoms with Gasteiger partial charge in [0.2, 0.25) is 5.91 Å². The van der Waals surface area contributed by atoms with Gasteiger partial charge >= 0.3 is 0 Å². The first-order chi connectivity index (χ1) is 13.0. The molecule has 1 aliphatic heterocycles. The molecule has 1 aromatic carbocycles. The molecule has 1 aliphatic rings. The van der Waals surface area contributed by atoms with E-state index >= 15 is 0 Å². The van der Waals surface area contributed by atoms with Gasteiger partial charge in [-0.05, 0) is 43.2 Å². The highest BCUT2D eigenvalue weighted by Gasteiger charge is 2.24. The molecule has 1 saturated heterocycles. The van der Waals surface area contributed by atoms with Crippen molar-refractivity contribution < 1.29 is 4.79 Å². The average Bonchev–Trinajstić information content (AvgIpc) is 3.14. The summed E-state index contributed by atoms with van der Waals surface area (Å²) in [5.74, 6) is 1.68. The number of rotatable bonds is 7. The van der Waals surface area contributed by atoms with Crippen molar-refractivity contribution in [2.75, 3.05) is 13.1 Å². The fraction of sp³-hybridized carbons (Fsp3) is 0.550. The highest BCUT2D eigenvalue weighted by atomic mass is 32.2. The summed E-state index contributed by atoms with van der Waals surface area (Å²) in [5, 5.41) is 8.46. The number of likely N-dealkylation sites (tertiary alicyclic amines) is 1. The van der Waals surface area contributed by atoms with Crippen molar-refractivity contribution in [1.82, 2.24) is 15.1 Å². The Bertz CT molecular complexity index is 739. The lowest BCUT2D eigenvalue weighted by Crippen LogP contribution is -2.40. The number of benzene rings is 1. The molecule has 2 heterocycles. The molecule has 1 fully saturated rings. The van der Waals surface area contributed by atoms with E-state index in [1.54, 1.807) is 23.1 Å². The Morgan fingerprint density at radius 1 is 1.07 bits per heavy atom. The maximum absolute atomic E-state index is 12.6. The molecule has 1 atom stereocenters. The Hall–Kier alpha value is -1.05. The summed E-state index contributed by atoms with van der Waals surface area (Å²) in [6.45, 7) is 8.20. The third-order valence-corrected chi connectivity index (χ3v) is 7.99. The quantitative estimate of drug-likeness (QED) is 0.557. The van der Waals surface area contributed by atoms with Crippen LogP contribution in [-0.2, 0) is 10.5 Å². The molecule has 2 aromatic rings. The lowest BCUT2D eigenvalue weighted by molar-refractivity contribution is -0.131. The molecule has 146 valence electrons. The standard InChI is InChI=1S/C20H27N3OS3/c1-14(2)17-9-7-16(8-10-17)13-25-19-21-22-20(27-19)26-15(3)18(24)23-11-5-4-6-12-23/h7-10,14-15H,4-6,11-13H2,1-3H3. The van der Waals surface area contributed by atoms with Gasteiger partial charge in [-0.3, -0.25) is 4.79 Å². The molecular formula is C20H27N3OS3.